The summed E-state index contributed by atoms with van der Waals surface area (Å²) in [6.45, 7) is 8.51. The number of rotatable bonds is 2. The van der Waals surface area contributed by atoms with Crippen LogP contribution in [0.5, 0.6) is 0 Å². The molecule has 0 amide bonds. The lowest BCUT2D eigenvalue weighted by atomic mass is 10.3. The minimum Gasteiger partial charge on any atom is -0.309 e. The Balaban J connectivity index is 2.62. The number of aryl methyl sites for hydroxylation is 4. The first-order valence-electron chi connectivity index (χ1n) is 5.25. The molecule has 0 aromatic carbocycles. The van der Waals surface area contributed by atoms with Crippen molar-refractivity contribution in [3.05, 3.63) is 34.2 Å². The average Bonchev–Trinajstić information content (AvgIpc) is 2.70. The summed E-state index contributed by atoms with van der Waals surface area (Å²) in [6.07, 6.45) is 0.997. The number of hydrogen-bond acceptors (Lipinski definition) is 2. The maximum absolute atomic E-state index is 4.56. The van der Waals surface area contributed by atoms with Gasteiger partial charge < -0.3 is 4.57 Å². The van der Waals surface area contributed by atoms with E-state index in [1.807, 2.05) is 0 Å². The molecule has 2 rings (SSSR count). The molecule has 0 radical (unpaired) electrons. The molecule has 0 saturated carbocycles. The van der Waals surface area contributed by atoms with Crippen molar-refractivity contribution in [1.82, 2.24) is 9.55 Å². The van der Waals surface area contributed by atoms with Crippen LogP contribution in [0.3, 0.4) is 0 Å². The van der Waals surface area contributed by atoms with Gasteiger partial charge in [0.2, 0.25) is 0 Å². The highest BCUT2D eigenvalue weighted by molar-refractivity contribution is 7.14. The smallest absolute Gasteiger partial charge is 0.123 e. The summed E-state index contributed by atoms with van der Waals surface area (Å²) in [6, 6.07) is 4.31. The summed E-state index contributed by atoms with van der Waals surface area (Å²) in [5, 5.41) is 2.43. The first-order valence-corrected chi connectivity index (χ1v) is 6.06. The minimum absolute atomic E-state index is 0.997. The van der Waals surface area contributed by atoms with E-state index in [2.05, 4.69) is 49.4 Å². The second-order valence-electron chi connectivity index (χ2n) is 3.79. The van der Waals surface area contributed by atoms with Gasteiger partial charge in [0.15, 0.2) is 0 Å². The van der Waals surface area contributed by atoms with E-state index in [-0.39, 0.29) is 0 Å². The van der Waals surface area contributed by atoms with Crippen LogP contribution in [-0.2, 0) is 6.42 Å². The van der Waals surface area contributed by atoms with E-state index in [0.29, 0.717) is 0 Å². The lowest BCUT2D eigenvalue weighted by molar-refractivity contribution is 0.936. The Labute approximate surface area is 94.6 Å². The van der Waals surface area contributed by atoms with Crippen LogP contribution in [-0.4, -0.2) is 9.55 Å². The summed E-state index contributed by atoms with van der Waals surface area (Å²) in [5.74, 6) is 0. The Morgan fingerprint density at radius 3 is 2.33 bits per heavy atom. The van der Waals surface area contributed by atoms with Gasteiger partial charge in [-0.25, -0.2) is 4.98 Å². The lowest BCUT2D eigenvalue weighted by Gasteiger charge is -2.07. The van der Waals surface area contributed by atoms with E-state index in [4.69, 9.17) is 0 Å². The van der Waals surface area contributed by atoms with Crippen molar-refractivity contribution in [2.24, 2.45) is 0 Å². The molecule has 15 heavy (non-hydrogen) atoms. The molecule has 0 aliphatic heterocycles. The Morgan fingerprint density at radius 2 is 1.80 bits per heavy atom. The van der Waals surface area contributed by atoms with Crippen molar-refractivity contribution in [1.29, 1.82) is 0 Å². The van der Waals surface area contributed by atoms with Gasteiger partial charge in [0, 0.05) is 11.4 Å². The maximum Gasteiger partial charge on any atom is 0.123 e. The highest BCUT2D eigenvalue weighted by Gasteiger charge is 2.12. The van der Waals surface area contributed by atoms with E-state index in [9.17, 15) is 0 Å². The van der Waals surface area contributed by atoms with E-state index in [1.165, 1.54) is 22.1 Å². The normalized spacial score (nSPS) is 10.9. The molecule has 0 saturated heterocycles. The highest BCUT2D eigenvalue weighted by Crippen LogP contribution is 2.26. The monoisotopic (exact) mass is 220 g/mol. The summed E-state index contributed by atoms with van der Waals surface area (Å²) in [7, 11) is 0. The number of nitrogens with zero attached hydrogens (tertiary/aromatic N) is 2. The molecular weight excluding hydrogens is 204 g/mol. The summed E-state index contributed by atoms with van der Waals surface area (Å²) >= 11 is 1.78. The minimum atomic E-state index is 0.997. The zero-order chi connectivity index (χ0) is 11.0. The number of hydrogen-bond donors (Lipinski definition) is 0. The van der Waals surface area contributed by atoms with E-state index in [0.717, 1.165) is 11.4 Å². The van der Waals surface area contributed by atoms with Crippen molar-refractivity contribution in [2.45, 2.75) is 34.1 Å². The third kappa shape index (κ3) is 1.72. The predicted octanol–water partition coefficient (Wildman–Crippen LogP) is 3.42. The van der Waals surface area contributed by atoms with Gasteiger partial charge in [-0.1, -0.05) is 6.92 Å². The molecule has 2 aromatic heterocycles. The van der Waals surface area contributed by atoms with Crippen LogP contribution in [0.25, 0.3) is 5.00 Å². The summed E-state index contributed by atoms with van der Waals surface area (Å²) in [5.41, 5.74) is 3.77. The molecular formula is C12H16N2S. The van der Waals surface area contributed by atoms with Crippen LogP contribution in [0.2, 0.25) is 0 Å². The zero-order valence-electron chi connectivity index (χ0n) is 9.66. The van der Waals surface area contributed by atoms with Gasteiger partial charge in [-0.15, -0.1) is 11.3 Å². The van der Waals surface area contributed by atoms with Crippen LogP contribution in [0.1, 0.15) is 29.0 Å². The largest absolute Gasteiger partial charge is 0.309 e. The predicted molar refractivity (Wildman–Crippen MR) is 65.0 cm³/mol. The van der Waals surface area contributed by atoms with Gasteiger partial charge in [0.25, 0.3) is 0 Å². The van der Waals surface area contributed by atoms with Crippen LogP contribution in [0, 0.1) is 20.8 Å². The van der Waals surface area contributed by atoms with Gasteiger partial charge in [-0.05, 0) is 39.3 Å². The van der Waals surface area contributed by atoms with Gasteiger partial charge in [0.05, 0.1) is 10.7 Å². The molecule has 0 aliphatic rings. The number of thiazole rings is 1. The third-order valence-electron chi connectivity index (χ3n) is 2.59. The molecule has 0 fully saturated rings. The topological polar surface area (TPSA) is 17.8 Å². The molecule has 0 spiro atoms. The van der Waals surface area contributed by atoms with Gasteiger partial charge in [-0.3, -0.25) is 0 Å². The molecule has 3 heteroatoms. The third-order valence-corrected chi connectivity index (χ3v) is 3.59. The molecule has 2 heterocycles. The molecule has 0 bridgehead atoms. The fourth-order valence-corrected chi connectivity index (χ4v) is 2.98. The van der Waals surface area contributed by atoms with Gasteiger partial charge >= 0.3 is 0 Å². The molecule has 0 aliphatic carbocycles. The van der Waals surface area contributed by atoms with Crippen molar-refractivity contribution in [2.75, 3.05) is 0 Å². The quantitative estimate of drug-likeness (QED) is 0.758. The average molecular weight is 220 g/mol. The fraction of sp³-hybridized carbons (Fsp3) is 0.417. The second kappa shape index (κ2) is 3.81. The van der Waals surface area contributed by atoms with Crippen molar-refractivity contribution >= 4 is 11.3 Å². The zero-order valence-corrected chi connectivity index (χ0v) is 10.5. The molecule has 2 aromatic rings. The Kier molecular flexibility index (Phi) is 2.65. The van der Waals surface area contributed by atoms with Crippen molar-refractivity contribution in [3.8, 4) is 5.00 Å². The molecule has 80 valence electrons. The van der Waals surface area contributed by atoms with Crippen LogP contribution < -0.4 is 0 Å². The molecule has 0 unspecified atom stereocenters. The molecule has 0 atom stereocenters. The van der Waals surface area contributed by atoms with Crippen LogP contribution in [0.15, 0.2) is 12.1 Å². The Bertz CT molecular complexity index is 460. The fourth-order valence-electron chi connectivity index (χ4n) is 1.85. The molecule has 0 N–H and O–H groups in total. The second-order valence-corrected chi connectivity index (χ2v) is 4.97. The highest BCUT2D eigenvalue weighted by atomic mass is 32.1. The van der Waals surface area contributed by atoms with E-state index < -0.39 is 0 Å². The van der Waals surface area contributed by atoms with Crippen LogP contribution >= 0.6 is 11.3 Å². The van der Waals surface area contributed by atoms with Crippen molar-refractivity contribution < 1.29 is 0 Å². The first kappa shape index (κ1) is 10.4. The van der Waals surface area contributed by atoms with Crippen LogP contribution in [0.4, 0.5) is 0 Å². The lowest BCUT2D eigenvalue weighted by Crippen LogP contribution is -1.99. The Morgan fingerprint density at radius 1 is 1.20 bits per heavy atom. The summed E-state index contributed by atoms with van der Waals surface area (Å²) in [4.78, 5) is 4.56. The maximum atomic E-state index is 4.56. The SMILES string of the molecule is CCc1nc(C)sc1-n1c(C)ccc1C. The Hall–Kier alpha value is -1.09. The summed E-state index contributed by atoms with van der Waals surface area (Å²) < 4.78 is 2.30. The number of aromatic nitrogens is 2. The van der Waals surface area contributed by atoms with Crippen molar-refractivity contribution in [3.63, 3.8) is 0 Å². The van der Waals surface area contributed by atoms with E-state index >= 15 is 0 Å². The van der Waals surface area contributed by atoms with Gasteiger partial charge in [-0.2, -0.15) is 0 Å². The van der Waals surface area contributed by atoms with Gasteiger partial charge in [0.1, 0.15) is 5.00 Å². The molecule has 2 nitrogen and oxygen atoms in total. The standard InChI is InChI=1S/C12H16N2S/c1-5-11-12(15-10(4)13-11)14-8(2)6-7-9(14)3/h6-7H,5H2,1-4H3. The van der Waals surface area contributed by atoms with E-state index in [1.54, 1.807) is 11.3 Å². The first-order chi connectivity index (χ1) is 7.13.